The van der Waals surface area contributed by atoms with Gasteiger partial charge in [0.25, 0.3) is 0 Å². The van der Waals surface area contributed by atoms with Crippen LogP contribution in [-0.4, -0.2) is 19.5 Å². The van der Waals surface area contributed by atoms with Gasteiger partial charge in [0.15, 0.2) is 17.5 Å². The van der Waals surface area contributed by atoms with Gasteiger partial charge in [0.05, 0.1) is 23.5 Å². The predicted octanol–water partition coefficient (Wildman–Crippen LogP) is 13.4. The number of furan rings is 2. The fourth-order valence-electron chi connectivity index (χ4n) is 8.31. The zero-order valence-corrected chi connectivity index (χ0v) is 30.0. The normalized spacial score (nSPS) is 13.1. The van der Waals surface area contributed by atoms with E-state index < -0.39 is 30.2 Å². The highest BCUT2D eigenvalue weighted by Crippen LogP contribution is 2.42. The van der Waals surface area contributed by atoms with Crippen LogP contribution >= 0.6 is 0 Å². The summed E-state index contributed by atoms with van der Waals surface area (Å²) >= 11 is 0. The Morgan fingerprint density at radius 1 is 0.421 bits per heavy atom. The maximum atomic E-state index is 8.87. The van der Waals surface area contributed by atoms with Crippen molar-refractivity contribution in [1.29, 1.82) is 0 Å². The monoisotopic (exact) mass is 735 g/mol. The molecule has 0 spiro atoms. The zero-order chi connectivity index (χ0) is 41.8. The summed E-state index contributed by atoms with van der Waals surface area (Å²) in [6.07, 6.45) is 0. The first-order chi connectivity index (χ1) is 30.3. The molecule has 266 valence electrons. The molecule has 6 heteroatoms. The van der Waals surface area contributed by atoms with Gasteiger partial charge < -0.3 is 13.4 Å². The average molecular weight is 736 g/mol. The van der Waals surface area contributed by atoms with E-state index in [0.29, 0.717) is 33.5 Å². The number of hydrogen-bond donors (Lipinski definition) is 0. The van der Waals surface area contributed by atoms with Crippen LogP contribution in [-0.2, 0) is 0 Å². The Morgan fingerprint density at radius 3 is 1.98 bits per heavy atom. The van der Waals surface area contributed by atoms with Crippen LogP contribution in [0.2, 0.25) is 0 Å². The first-order valence-corrected chi connectivity index (χ1v) is 18.6. The van der Waals surface area contributed by atoms with Crippen molar-refractivity contribution in [2.24, 2.45) is 0 Å². The molecule has 4 aromatic heterocycles. The van der Waals surface area contributed by atoms with Gasteiger partial charge in [0.2, 0.25) is 0 Å². The Balaban J connectivity index is 1.09. The Kier molecular flexibility index (Phi) is 5.82. The third-order valence-electron chi connectivity index (χ3n) is 10.8. The van der Waals surface area contributed by atoms with E-state index in [2.05, 4.69) is 89.5 Å². The highest BCUT2D eigenvalue weighted by molar-refractivity contribution is 6.17. The minimum atomic E-state index is -0.503. The second-order valence-electron chi connectivity index (χ2n) is 14.0. The number of fused-ring (bicyclic) bond motifs is 9. The molecular weight excluding hydrogens is 701 g/mol. The lowest BCUT2D eigenvalue weighted by Gasteiger charge is -2.10. The number of hydrogen-bond acceptors (Lipinski definition) is 5. The summed E-state index contributed by atoms with van der Waals surface area (Å²) < 4.78 is 58.2. The van der Waals surface area contributed by atoms with Crippen molar-refractivity contribution in [3.8, 4) is 51.0 Å². The Hall–Kier alpha value is -7.83. The van der Waals surface area contributed by atoms with Crippen molar-refractivity contribution < 1.29 is 15.7 Å². The van der Waals surface area contributed by atoms with Crippen molar-refractivity contribution in [3.63, 3.8) is 0 Å². The molecule has 0 unspecified atom stereocenters. The molecule has 0 aliphatic carbocycles. The lowest BCUT2D eigenvalue weighted by molar-refractivity contribution is 0.668. The van der Waals surface area contributed by atoms with E-state index in [9.17, 15) is 0 Å². The summed E-state index contributed by atoms with van der Waals surface area (Å²) in [5, 5.41) is 5.69. The molecule has 0 aliphatic rings. The highest BCUT2D eigenvalue weighted by Gasteiger charge is 2.22. The molecule has 0 saturated carbocycles. The molecule has 0 saturated heterocycles. The van der Waals surface area contributed by atoms with E-state index in [0.717, 1.165) is 54.8 Å². The minimum Gasteiger partial charge on any atom is -0.456 e. The molecule has 4 heterocycles. The van der Waals surface area contributed by atoms with Crippen LogP contribution in [0.25, 0.3) is 117 Å². The van der Waals surface area contributed by atoms with Gasteiger partial charge in [-0.15, -0.1) is 0 Å². The topological polar surface area (TPSA) is 69.9 Å². The maximum absolute atomic E-state index is 8.87. The molecule has 0 fully saturated rings. The molecule has 0 atom stereocenters. The maximum Gasteiger partial charge on any atom is 0.167 e. The Morgan fingerprint density at radius 2 is 1.09 bits per heavy atom. The van der Waals surface area contributed by atoms with Crippen LogP contribution in [0.4, 0.5) is 0 Å². The highest BCUT2D eigenvalue weighted by atomic mass is 16.3. The van der Waals surface area contributed by atoms with E-state index in [1.807, 2.05) is 66.7 Å². The van der Waals surface area contributed by atoms with Crippen molar-refractivity contribution in [2.45, 2.75) is 0 Å². The molecule has 6 nitrogen and oxygen atoms in total. The minimum absolute atomic E-state index is 0.0663. The van der Waals surface area contributed by atoms with Gasteiger partial charge in [-0.25, -0.2) is 15.0 Å². The number of rotatable bonds is 5. The average Bonchev–Trinajstić information content (AvgIpc) is 4.00. The molecule has 0 radical (unpaired) electrons. The Labute approximate surface area is 332 Å². The second-order valence-corrected chi connectivity index (χ2v) is 14.0. The summed E-state index contributed by atoms with van der Waals surface area (Å²) in [7, 11) is 0. The van der Waals surface area contributed by atoms with Gasteiger partial charge in [-0.1, -0.05) is 133 Å². The number of nitrogens with zero attached hydrogens (tertiary/aromatic N) is 4. The van der Waals surface area contributed by atoms with E-state index in [4.69, 9.17) is 30.6 Å². The van der Waals surface area contributed by atoms with E-state index in [-0.39, 0.29) is 23.0 Å². The molecule has 0 bridgehead atoms. The van der Waals surface area contributed by atoms with E-state index >= 15 is 0 Å². The van der Waals surface area contributed by atoms with Gasteiger partial charge in [-0.3, -0.25) is 0 Å². The van der Waals surface area contributed by atoms with Gasteiger partial charge in [0, 0.05) is 55.2 Å². The molecular formula is C51H30N4O2. The van der Waals surface area contributed by atoms with Crippen LogP contribution in [0.3, 0.4) is 0 Å². The van der Waals surface area contributed by atoms with Gasteiger partial charge in [0.1, 0.15) is 22.3 Å². The summed E-state index contributed by atoms with van der Waals surface area (Å²) in [5.41, 5.74) is 8.93. The van der Waals surface area contributed by atoms with Gasteiger partial charge >= 0.3 is 0 Å². The molecule has 8 aromatic carbocycles. The zero-order valence-electron chi connectivity index (χ0n) is 35.0. The molecule has 57 heavy (non-hydrogen) atoms. The lowest BCUT2D eigenvalue weighted by atomic mass is 9.99. The van der Waals surface area contributed by atoms with Crippen LogP contribution in [0.1, 0.15) is 6.85 Å². The van der Waals surface area contributed by atoms with E-state index in [1.54, 1.807) is 0 Å². The van der Waals surface area contributed by atoms with Crippen molar-refractivity contribution in [1.82, 2.24) is 19.5 Å². The van der Waals surface area contributed by atoms with Crippen LogP contribution in [0.5, 0.6) is 0 Å². The van der Waals surface area contributed by atoms with Crippen molar-refractivity contribution in [2.75, 3.05) is 0 Å². The smallest absolute Gasteiger partial charge is 0.167 e. The van der Waals surface area contributed by atoms with Crippen LogP contribution in [0, 0.1) is 0 Å². The van der Waals surface area contributed by atoms with E-state index in [1.165, 1.54) is 5.39 Å². The summed E-state index contributed by atoms with van der Waals surface area (Å²) in [6.45, 7) is 0. The molecule has 12 rings (SSSR count). The quantitative estimate of drug-likeness (QED) is 0.176. The third kappa shape index (κ3) is 4.87. The van der Waals surface area contributed by atoms with Crippen LogP contribution < -0.4 is 0 Å². The summed E-state index contributed by atoms with van der Waals surface area (Å²) in [4.78, 5) is 14.8. The second kappa shape index (κ2) is 12.3. The summed E-state index contributed by atoms with van der Waals surface area (Å²) in [5.74, 6) is 0.386. The first kappa shape index (κ1) is 26.9. The predicted molar refractivity (Wildman–Crippen MR) is 230 cm³/mol. The standard InChI is InChI=1S/C51H30N4O2/c1-3-14-31(15-4-1)34-20-12-25-42-46(34)37-19-7-9-24-41(37)55(42)33-28-29-38-45(30-33)56-44-27-13-22-39(47(38)44)50-52-49(32-16-5-2-6-17-32)53-51(54-50)40-23-11-21-36-35-18-8-10-26-43(35)57-48(36)40/h1-30H/i2D,5D,6D,16D,17D. The number of para-hydroxylation sites is 3. The SMILES string of the molecule is [2H]c1c([2H])c([2H])c(-c2nc(-c3cccc4c3oc3ccccc34)nc(-c3cccc4oc5cc(-n6c7ccccc7c7c(-c8ccccc8)cccc76)ccc5c34)n2)c([2H])c1[2H]. The third-order valence-corrected chi connectivity index (χ3v) is 10.8. The van der Waals surface area contributed by atoms with Crippen molar-refractivity contribution >= 4 is 65.7 Å². The Bertz CT molecular complexity index is 3810. The van der Waals surface area contributed by atoms with Gasteiger partial charge in [-0.05, 0) is 53.6 Å². The molecule has 0 N–H and O–H groups in total. The largest absolute Gasteiger partial charge is 0.456 e. The molecule has 0 aliphatic heterocycles. The fourth-order valence-corrected chi connectivity index (χ4v) is 8.31. The molecule has 0 amide bonds. The lowest BCUT2D eigenvalue weighted by Crippen LogP contribution is -2.00. The number of benzene rings is 8. The summed E-state index contributed by atoms with van der Waals surface area (Å²) in [6, 6.07) is 48.3. The fraction of sp³-hybridized carbons (Fsp3) is 0. The van der Waals surface area contributed by atoms with Gasteiger partial charge in [-0.2, -0.15) is 0 Å². The first-order valence-electron chi connectivity index (χ1n) is 21.1. The van der Waals surface area contributed by atoms with Crippen molar-refractivity contribution in [3.05, 3.63) is 182 Å². The van der Waals surface area contributed by atoms with Crippen LogP contribution in [0.15, 0.2) is 191 Å². The number of aromatic nitrogens is 4. The molecule has 12 aromatic rings.